The molecule has 2 rings (SSSR count). The number of rotatable bonds is 1. The van der Waals surface area contributed by atoms with Crippen LogP contribution in [0.2, 0.25) is 0 Å². The molecule has 0 aliphatic carbocycles. The fourth-order valence-corrected chi connectivity index (χ4v) is 2.01. The second kappa shape index (κ2) is 4.61. The molecule has 0 saturated carbocycles. The van der Waals surface area contributed by atoms with E-state index in [4.69, 9.17) is 0 Å². The van der Waals surface area contributed by atoms with Crippen molar-refractivity contribution in [3.05, 3.63) is 29.8 Å². The third-order valence-electron chi connectivity index (χ3n) is 2.89. The first-order valence-corrected chi connectivity index (χ1v) is 5.54. The van der Waals surface area contributed by atoms with Gasteiger partial charge in [-0.05, 0) is 18.6 Å². The fraction of sp³-hybridized carbons (Fsp3) is 0.417. The van der Waals surface area contributed by atoms with Crippen LogP contribution >= 0.6 is 0 Å². The number of nitrogens with zero attached hydrogens (tertiary/aromatic N) is 1. The first-order valence-electron chi connectivity index (χ1n) is 5.54. The summed E-state index contributed by atoms with van der Waals surface area (Å²) in [5.74, 6) is -0.392. The number of benzene rings is 1. The molecule has 0 bridgehead atoms. The van der Waals surface area contributed by atoms with Crippen molar-refractivity contribution < 1.29 is 23.1 Å². The normalized spacial score (nSPS) is 21.2. The lowest BCUT2D eigenvalue weighted by atomic mass is 10.0. The number of halogens is 3. The highest BCUT2D eigenvalue weighted by molar-refractivity contribution is 5.95. The summed E-state index contributed by atoms with van der Waals surface area (Å²) < 4.78 is 38.5. The standard InChI is InChI=1S/C12H12F3NO2/c13-12(14,15)9-3-1-2-4-10(9)16-7-8(17)5-6-11(16)18/h1-4,8,17H,5-7H2. The van der Waals surface area contributed by atoms with E-state index in [1.165, 1.54) is 18.2 Å². The van der Waals surface area contributed by atoms with Crippen LogP contribution in [0.4, 0.5) is 18.9 Å². The molecular formula is C12H12F3NO2. The van der Waals surface area contributed by atoms with Gasteiger partial charge in [0, 0.05) is 6.42 Å². The van der Waals surface area contributed by atoms with Crippen LogP contribution in [0.3, 0.4) is 0 Å². The number of alkyl halides is 3. The number of amides is 1. The number of hydrogen-bond donors (Lipinski definition) is 1. The van der Waals surface area contributed by atoms with Crippen LogP contribution in [0.25, 0.3) is 0 Å². The minimum atomic E-state index is -4.51. The summed E-state index contributed by atoms with van der Waals surface area (Å²) in [6.07, 6.45) is -4.93. The highest BCUT2D eigenvalue weighted by Crippen LogP contribution is 2.37. The lowest BCUT2D eigenvalue weighted by molar-refractivity contribution is -0.137. The van der Waals surface area contributed by atoms with Crippen molar-refractivity contribution >= 4 is 11.6 Å². The summed E-state index contributed by atoms with van der Waals surface area (Å²) in [6.45, 7) is -0.0913. The molecule has 0 aromatic heterocycles. The topological polar surface area (TPSA) is 40.5 Å². The van der Waals surface area contributed by atoms with Crippen LogP contribution in [0.15, 0.2) is 24.3 Å². The highest BCUT2D eigenvalue weighted by atomic mass is 19.4. The number of carbonyl (C=O) groups excluding carboxylic acids is 1. The SMILES string of the molecule is O=C1CCC(O)CN1c1ccccc1C(F)(F)F. The zero-order valence-corrected chi connectivity index (χ0v) is 9.44. The largest absolute Gasteiger partial charge is 0.418 e. The molecule has 0 spiro atoms. The van der Waals surface area contributed by atoms with E-state index in [0.717, 1.165) is 11.0 Å². The van der Waals surface area contributed by atoms with Gasteiger partial charge in [0.1, 0.15) is 0 Å². The third kappa shape index (κ3) is 2.48. The van der Waals surface area contributed by atoms with Crippen LogP contribution in [-0.2, 0) is 11.0 Å². The first-order chi connectivity index (χ1) is 8.39. The molecule has 1 heterocycles. The van der Waals surface area contributed by atoms with Gasteiger partial charge in [-0.3, -0.25) is 4.79 Å². The summed E-state index contributed by atoms with van der Waals surface area (Å²) in [7, 11) is 0. The summed E-state index contributed by atoms with van der Waals surface area (Å²) in [4.78, 5) is 12.7. The zero-order chi connectivity index (χ0) is 13.3. The van der Waals surface area contributed by atoms with Gasteiger partial charge in [-0.15, -0.1) is 0 Å². The van der Waals surface area contributed by atoms with Crippen molar-refractivity contribution in [3.8, 4) is 0 Å². The Kier molecular flexibility index (Phi) is 3.30. The molecular weight excluding hydrogens is 247 g/mol. The number of carbonyl (C=O) groups is 1. The summed E-state index contributed by atoms with van der Waals surface area (Å²) in [5.41, 5.74) is -1.04. The van der Waals surface area contributed by atoms with Crippen LogP contribution in [-0.4, -0.2) is 23.7 Å². The van der Waals surface area contributed by atoms with E-state index >= 15 is 0 Å². The van der Waals surface area contributed by atoms with Gasteiger partial charge in [-0.2, -0.15) is 13.2 Å². The molecule has 1 atom stereocenters. The molecule has 1 fully saturated rings. The van der Waals surface area contributed by atoms with Crippen molar-refractivity contribution in [1.29, 1.82) is 0 Å². The number of para-hydroxylation sites is 1. The molecule has 1 aromatic rings. The van der Waals surface area contributed by atoms with E-state index in [1.54, 1.807) is 0 Å². The maximum atomic E-state index is 12.8. The Morgan fingerprint density at radius 3 is 2.61 bits per heavy atom. The predicted molar refractivity (Wildman–Crippen MR) is 59.0 cm³/mol. The smallest absolute Gasteiger partial charge is 0.391 e. The molecule has 1 amide bonds. The average molecular weight is 259 g/mol. The van der Waals surface area contributed by atoms with Gasteiger partial charge in [0.25, 0.3) is 0 Å². The Morgan fingerprint density at radius 2 is 1.94 bits per heavy atom. The lowest BCUT2D eigenvalue weighted by Crippen LogP contribution is -2.43. The molecule has 1 aliphatic heterocycles. The molecule has 3 nitrogen and oxygen atoms in total. The number of aliphatic hydroxyl groups excluding tert-OH is 1. The minimum Gasteiger partial charge on any atom is -0.391 e. The molecule has 98 valence electrons. The number of anilines is 1. The van der Waals surface area contributed by atoms with Gasteiger partial charge >= 0.3 is 6.18 Å². The van der Waals surface area contributed by atoms with Gasteiger partial charge in [0.05, 0.1) is 23.9 Å². The maximum Gasteiger partial charge on any atom is 0.418 e. The number of hydrogen-bond acceptors (Lipinski definition) is 2. The van der Waals surface area contributed by atoms with Crippen molar-refractivity contribution in [1.82, 2.24) is 0 Å². The van der Waals surface area contributed by atoms with Crippen molar-refractivity contribution in [2.45, 2.75) is 25.1 Å². The molecule has 1 saturated heterocycles. The average Bonchev–Trinajstić information content (AvgIpc) is 2.31. The zero-order valence-electron chi connectivity index (χ0n) is 9.44. The van der Waals surface area contributed by atoms with E-state index in [9.17, 15) is 23.1 Å². The van der Waals surface area contributed by atoms with Crippen LogP contribution in [0, 0.1) is 0 Å². The van der Waals surface area contributed by atoms with Crippen molar-refractivity contribution in [3.63, 3.8) is 0 Å². The Bertz CT molecular complexity index is 459. The van der Waals surface area contributed by atoms with Crippen LogP contribution in [0.1, 0.15) is 18.4 Å². The molecule has 6 heteroatoms. The quantitative estimate of drug-likeness (QED) is 0.839. The van der Waals surface area contributed by atoms with Gasteiger partial charge in [0.2, 0.25) is 5.91 Å². The van der Waals surface area contributed by atoms with Crippen molar-refractivity contribution in [2.24, 2.45) is 0 Å². The molecule has 18 heavy (non-hydrogen) atoms. The molecule has 1 N–H and O–H groups in total. The predicted octanol–water partition coefficient (Wildman–Crippen LogP) is 2.19. The Morgan fingerprint density at radius 1 is 1.28 bits per heavy atom. The Labute approximate surface area is 102 Å². The molecule has 1 aromatic carbocycles. The monoisotopic (exact) mass is 259 g/mol. The lowest BCUT2D eigenvalue weighted by Gasteiger charge is -2.31. The second-order valence-corrected chi connectivity index (χ2v) is 4.21. The number of β-amino-alcohol motifs (C(OH)–C–C–N with tert-alkyl or cyclic N) is 1. The van der Waals surface area contributed by atoms with Gasteiger partial charge in [-0.25, -0.2) is 0 Å². The second-order valence-electron chi connectivity index (χ2n) is 4.21. The van der Waals surface area contributed by atoms with E-state index < -0.39 is 23.8 Å². The first kappa shape index (κ1) is 12.9. The van der Waals surface area contributed by atoms with Gasteiger partial charge in [-0.1, -0.05) is 12.1 Å². The van der Waals surface area contributed by atoms with Crippen molar-refractivity contribution in [2.75, 3.05) is 11.4 Å². The van der Waals surface area contributed by atoms with Crippen LogP contribution < -0.4 is 4.90 Å². The minimum absolute atomic E-state index is 0.0629. The number of aliphatic hydroxyl groups is 1. The third-order valence-corrected chi connectivity index (χ3v) is 2.89. The molecule has 1 aliphatic rings. The maximum absolute atomic E-state index is 12.8. The molecule has 1 unspecified atom stereocenters. The van der Waals surface area contributed by atoms with Gasteiger partial charge in [0.15, 0.2) is 0 Å². The highest BCUT2D eigenvalue weighted by Gasteiger charge is 2.37. The van der Waals surface area contributed by atoms with Crippen LogP contribution in [0.5, 0.6) is 0 Å². The fourth-order valence-electron chi connectivity index (χ4n) is 2.01. The summed E-state index contributed by atoms with van der Waals surface area (Å²) in [6, 6.07) is 4.90. The summed E-state index contributed by atoms with van der Waals surface area (Å²) in [5, 5.41) is 9.48. The van der Waals surface area contributed by atoms with E-state index in [2.05, 4.69) is 0 Å². The number of piperidine rings is 1. The molecule has 0 radical (unpaired) electrons. The van der Waals surface area contributed by atoms with E-state index in [1.807, 2.05) is 0 Å². The van der Waals surface area contributed by atoms with Gasteiger partial charge < -0.3 is 10.0 Å². The Hall–Kier alpha value is -1.56. The van der Waals surface area contributed by atoms with E-state index in [0.29, 0.717) is 6.42 Å². The Balaban J connectivity index is 2.41. The van der Waals surface area contributed by atoms with E-state index in [-0.39, 0.29) is 18.7 Å². The summed E-state index contributed by atoms with van der Waals surface area (Å²) >= 11 is 0.